The molecule has 0 aliphatic heterocycles. The van der Waals surface area contributed by atoms with Crippen LogP contribution < -0.4 is 5.56 Å². The zero-order chi connectivity index (χ0) is 14.8. The molecule has 0 radical (unpaired) electrons. The molecule has 0 spiro atoms. The predicted octanol–water partition coefficient (Wildman–Crippen LogP) is 3.90. The summed E-state index contributed by atoms with van der Waals surface area (Å²) in [6.07, 6.45) is 0. The summed E-state index contributed by atoms with van der Waals surface area (Å²) >= 11 is 5.84. The Labute approximate surface area is 125 Å². The second kappa shape index (κ2) is 5.50. The molecule has 1 aromatic heterocycles. The van der Waals surface area contributed by atoms with Crippen LogP contribution in [0.15, 0.2) is 59.4 Å². The van der Waals surface area contributed by atoms with Crippen molar-refractivity contribution in [2.45, 2.75) is 0 Å². The monoisotopic (exact) mass is 300 g/mol. The summed E-state index contributed by atoms with van der Waals surface area (Å²) in [7, 11) is 0. The number of H-pyrrole nitrogens is 1. The normalized spacial score (nSPS) is 10.6. The Hall–Kier alpha value is -2.46. The van der Waals surface area contributed by atoms with Crippen LogP contribution in [-0.2, 0) is 0 Å². The molecule has 0 atom stereocenters. The van der Waals surface area contributed by atoms with Crippen LogP contribution in [0.25, 0.3) is 22.6 Å². The molecule has 0 saturated heterocycles. The number of hydrogen-bond acceptors (Lipinski definition) is 2. The van der Waals surface area contributed by atoms with Crippen LogP contribution in [0, 0.1) is 5.82 Å². The fourth-order valence-electron chi connectivity index (χ4n) is 2.04. The highest BCUT2D eigenvalue weighted by Crippen LogP contribution is 2.23. The van der Waals surface area contributed by atoms with Crippen molar-refractivity contribution in [3.05, 3.63) is 75.8 Å². The SMILES string of the molecule is O=c1cc(-c2cc(F)cc(Cl)c2)nc(-c2ccccc2)[nH]1. The lowest BCUT2D eigenvalue weighted by molar-refractivity contribution is 0.628. The van der Waals surface area contributed by atoms with E-state index in [1.165, 1.54) is 18.2 Å². The molecule has 0 aliphatic carbocycles. The van der Waals surface area contributed by atoms with Gasteiger partial charge < -0.3 is 4.98 Å². The number of halogens is 2. The van der Waals surface area contributed by atoms with Gasteiger partial charge in [-0.25, -0.2) is 9.37 Å². The molecule has 0 aliphatic rings. The molecular formula is C16H10ClFN2O. The van der Waals surface area contributed by atoms with Crippen molar-refractivity contribution < 1.29 is 4.39 Å². The summed E-state index contributed by atoms with van der Waals surface area (Å²) in [6, 6.07) is 14.6. The van der Waals surface area contributed by atoms with E-state index in [1.807, 2.05) is 30.3 Å². The van der Waals surface area contributed by atoms with Gasteiger partial charge in [-0.15, -0.1) is 0 Å². The first kappa shape index (κ1) is 13.5. The van der Waals surface area contributed by atoms with Crippen LogP contribution in [0.4, 0.5) is 4.39 Å². The van der Waals surface area contributed by atoms with Gasteiger partial charge in [0.25, 0.3) is 5.56 Å². The van der Waals surface area contributed by atoms with E-state index in [0.717, 1.165) is 5.56 Å². The highest BCUT2D eigenvalue weighted by molar-refractivity contribution is 6.30. The van der Waals surface area contributed by atoms with Crippen LogP contribution in [-0.4, -0.2) is 9.97 Å². The molecule has 5 heteroatoms. The third kappa shape index (κ3) is 3.01. The predicted molar refractivity (Wildman–Crippen MR) is 80.7 cm³/mol. The van der Waals surface area contributed by atoms with Crippen LogP contribution in [0.1, 0.15) is 0 Å². The second-order valence-corrected chi connectivity index (χ2v) is 4.94. The maximum atomic E-state index is 13.4. The maximum Gasteiger partial charge on any atom is 0.251 e. The van der Waals surface area contributed by atoms with Gasteiger partial charge in [0.05, 0.1) is 5.69 Å². The van der Waals surface area contributed by atoms with Crippen molar-refractivity contribution >= 4 is 11.6 Å². The van der Waals surface area contributed by atoms with Gasteiger partial charge in [-0.3, -0.25) is 4.79 Å². The Morgan fingerprint density at radius 3 is 2.48 bits per heavy atom. The molecule has 21 heavy (non-hydrogen) atoms. The number of benzene rings is 2. The van der Waals surface area contributed by atoms with E-state index in [4.69, 9.17) is 11.6 Å². The van der Waals surface area contributed by atoms with E-state index in [0.29, 0.717) is 17.1 Å². The smallest absolute Gasteiger partial charge is 0.251 e. The van der Waals surface area contributed by atoms with Crippen LogP contribution in [0.3, 0.4) is 0 Å². The molecule has 3 aromatic rings. The Morgan fingerprint density at radius 1 is 1.00 bits per heavy atom. The number of hydrogen-bond donors (Lipinski definition) is 1. The van der Waals surface area contributed by atoms with E-state index >= 15 is 0 Å². The van der Waals surface area contributed by atoms with Gasteiger partial charge in [0.2, 0.25) is 0 Å². The number of aromatic amines is 1. The third-order valence-corrected chi connectivity index (χ3v) is 3.17. The molecule has 104 valence electrons. The van der Waals surface area contributed by atoms with Gasteiger partial charge in [-0.2, -0.15) is 0 Å². The Kier molecular flexibility index (Phi) is 3.54. The number of rotatable bonds is 2. The minimum atomic E-state index is -0.471. The van der Waals surface area contributed by atoms with Gasteiger partial charge in [0.15, 0.2) is 0 Å². The summed E-state index contributed by atoms with van der Waals surface area (Å²) in [5, 5.41) is 0.258. The third-order valence-electron chi connectivity index (χ3n) is 2.95. The van der Waals surface area contributed by atoms with Crippen LogP contribution >= 0.6 is 11.6 Å². The van der Waals surface area contributed by atoms with Crippen molar-refractivity contribution in [2.24, 2.45) is 0 Å². The number of nitrogens with zero attached hydrogens (tertiary/aromatic N) is 1. The average molecular weight is 301 g/mol. The van der Waals surface area contributed by atoms with E-state index < -0.39 is 5.82 Å². The molecule has 0 bridgehead atoms. The van der Waals surface area contributed by atoms with Crippen molar-refractivity contribution in [1.82, 2.24) is 9.97 Å². The van der Waals surface area contributed by atoms with Gasteiger partial charge >= 0.3 is 0 Å². The minimum Gasteiger partial charge on any atom is -0.306 e. The maximum absolute atomic E-state index is 13.4. The van der Waals surface area contributed by atoms with Gasteiger partial charge in [-0.1, -0.05) is 41.9 Å². The summed E-state index contributed by atoms with van der Waals surface area (Å²) in [4.78, 5) is 18.9. The molecule has 1 N–H and O–H groups in total. The van der Waals surface area contributed by atoms with E-state index in [9.17, 15) is 9.18 Å². The number of nitrogens with one attached hydrogen (secondary N) is 1. The first-order valence-electron chi connectivity index (χ1n) is 6.25. The highest BCUT2D eigenvalue weighted by Gasteiger charge is 2.08. The molecule has 0 unspecified atom stereocenters. The molecule has 1 heterocycles. The van der Waals surface area contributed by atoms with E-state index in [-0.39, 0.29) is 10.6 Å². The van der Waals surface area contributed by atoms with Gasteiger partial charge in [0.1, 0.15) is 11.6 Å². The van der Waals surface area contributed by atoms with E-state index in [2.05, 4.69) is 9.97 Å². The molecule has 3 rings (SSSR count). The largest absolute Gasteiger partial charge is 0.306 e. The van der Waals surface area contributed by atoms with Gasteiger partial charge in [0, 0.05) is 22.2 Å². The standard InChI is InChI=1S/C16H10ClFN2O/c17-12-6-11(7-13(18)8-12)14-9-15(21)20-16(19-14)10-4-2-1-3-5-10/h1-9H,(H,19,20,21). The molecule has 0 saturated carbocycles. The van der Waals surface area contributed by atoms with E-state index in [1.54, 1.807) is 6.07 Å². The molecule has 0 amide bonds. The molecule has 0 fully saturated rings. The Bertz CT molecular complexity index is 826. The van der Waals surface area contributed by atoms with Crippen LogP contribution in [0.2, 0.25) is 5.02 Å². The minimum absolute atomic E-state index is 0.258. The van der Waals surface area contributed by atoms with Crippen LogP contribution in [0.5, 0.6) is 0 Å². The van der Waals surface area contributed by atoms with Crippen molar-refractivity contribution in [3.8, 4) is 22.6 Å². The summed E-state index contributed by atoms with van der Waals surface area (Å²) < 4.78 is 13.4. The van der Waals surface area contributed by atoms with Crippen molar-refractivity contribution in [1.29, 1.82) is 0 Å². The second-order valence-electron chi connectivity index (χ2n) is 4.50. The summed E-state index contributed by atoms with van der Waals surface area (Å²) in [6.45, 7) is 0. The van der Waals surface area contributed by atoms with Crippen molar-refractivity contribution in [2.75, 3.05) is 0 Å². The molecule has 2 aromatic carbocycles. The lowest BCUT2D eigenvalue weighted by Crippen LogP contribution is -2.08. The highest BCUT2D eigenvalue weighted by atomic mass is 35.5. The first-order valence-corrected chi connectivity index (χ1v) is 6.63. The fourth-order valence-corrected chi connectivity index (χ4v) is 2.26. The van der Waals surface area contributed by atoms with Gasteiger partial charge in [-0.05, 0) is 18.2 Å². The average Bonchev–Trinajstić information content (AvgIpc) is 2.46. The van der Waals surface area contributed by atoms with Crippen molar-refractivity contribution in [3.63, 3.8) is 0 Å². The molecule has 3 nitrogen and oxygen atoms in total. The fraction of sp³-hybridized carbons (Fsp3) is 0. The first-order chi connectivity index (χ1) is 10.1. The lowest BCUT2D eigenvalue weighted by Gasteiger charge is -2.05. The summed E-state index contributed by atoms with van der Waals surface area (Å²) in [5.74, 6) is -0.0423. The lowest BCUT2D eigenvalue weighted by atomic mass is 10.1. The topological polar surface area (TPSA) is 45.8 Å². The molecular weight excluding hydrogens is 291 g/mol. The summed E-state index contributed by atoms with van der Waals surface area (Å²) in [5.41, 5.74) is 1.31. The number of aromatic nitrogens is 2. The quantitative estimate of drug-likeness (QED) is 0.780. The Morgan fingerprint density at radius 2 is 1.76 bits per heavy atom. The zero-order valence-electron chi connectivity index (χ0n) is 10.8. The zero-order valence-corrected chi connectivity index (χ0v) is 11.6. The Balaban J connectivity index is 2.16.